The number of hydrogen-bond donors (Lipinski definition) is 1. The fourth-order valence-electron chi connectivity index (χ4n) is 2.05. The number of aliphatic hydroxyl groups excluding tert-OH is 1. The molecular weight excluding hydrogens is 238 g/mol. The summed E-state index contributed by atoms with van der Waals surface area (Å²) >= 11 is 0. The molecule has 1 aromatic carbocycles. The summed E-state index contributed by atoms with van der Waals surface area (Å²) in [5.74, 6) is 0. The molecule has 0 radical (unpaired) electrons. The van der Waals surface area contributed by atoms with Crippen molar-refractivity contribution in [1.29, 1.82) is 0 Å². The molecule has 0 aliphatic heterocycles. The van der Waals surface area contributed by atoms with Crippen LogP contribution in [0, 0.1) is 0 Å². The highest BCUT2D eigenvalue weighted by Gasteiger charge is 2.19. The maximum atomic E-state index is 10.3. The molecule has 0 spiro atoms. The molecule has 0 aliphatic rings. The Balaban J connectivity index is 2.11. The largest absolute Gasteiger partial charge is 0.388 e. The van der Waals surface area contributed by atoms with Gasteiger partial charge in [-0.05, 0) is 50.5 Å². The summed E-state index contributed by atoms with van der Waals surface area (Å²) in [6.07, 6.45) is 2.82. The number of hydrogen-bond acceptors (Lipinski definition) is 3. The zero-order valence-corrected chi connectivity index (χ0v) is 11.8. The Morgan fingerprint density at radius 1 is 1.32 bits per heavy atom. The van der Waals surface area contributed by atoms with Gasteiger partial charge in [0.25, 0.3) is 0 Å². The highest BCUT2D eigenvalue weighted by Crippen LogP contribution is 2.26. The van der Waals surface area contributed by atoms with Gasteiger partial charge in [-0.2, -0.15) is 0 Å². The first-order chi connectivity index (χ1) is 9.02. The van der Waals surface area contributed by atoms with Crippen molar-refractivity contribution in [1.82, 2.24) is 4.98 Å². The molecule has 1 atom stereocenters. The maximum Gasteiger partial charge on any atom is 0.0791 e. The Bertz CT molecular complexity index is 551. The molecule has 1 N–H and O–H groups in total. The van der Waals surface area contributed by atoms with Crippen molar-refractivity contribution in [2.45, 2.75) is 38.4 Å². The van der Waals surface area contributed by atoms with E-state index >= 15 is 0 Å². The number of fused-ring (bicyclic) bond motifs is 1. The third-order valence-electron chi connectivity index (χ3n) is 3.58. The summed E-state index contributed by atoms with van der Waals surface area (Å²) in [6, 6.07) is 9.83. The van der Waals surface area contributed by atoms with Gasteiger partial charge in [0, 0.05) is 18.7 Å². The van der Waals surface area contributed by atoms with E-state index in [0.29, 0.717) is 6.42 Å². The maximum absolute atomic E-state index is 10.3. The van der Waals surface area contributed by atoms with Crippen LogP contribution in [0.3, 0.4) is 0 Å². The van der Waals surface area contributed by atoms with E-state index in [4.69, 9.17) is 4.74 Å². The second-order valence-electron chi connectivity index (χ2n) is 5.47. The van der Waals surface area contributed by atoms with Crippen molar-refractivity contribution >= 4 is 10.9 Å². The van der Waals surface area contributed by atoms with Crippen LogP contribution in [-0.2, 0) is 4.74 Å². The van der Waals surface area contributed by atoms with E-state index < -0.39 is 6.10 Å². The lowest BCUT2D eigenvalue weighted by molar-refractivity contribution is 0.00280. The lowest BCUT2D eigenvalue weighted by Crippen LogP contribution is -2.23. The SMILES string of the molecule is COC(C)(C)CCC(O)c1ccc2ncccc2c1. The van der Waals surface area contributed by atoms with Gasteiger partial charge in [0.1, 0.15) is 0 Å². The quantitative estimate of drug-likeness (QED) is 0.894. The lowest BCUT2D eigenvalue weighted by atomic mass is 9.96. The second-order valence-corrected chi connectivity index (χ2v) is 5.47. The van der Waals surface area contributed by atoms with E-state index in [9.17, 15) is 5.11 Å². The summed E-state index contributed by atoms with van der Waals surface area (Å²) in [5.41, 5.74) is 1.70. The molecule has 0 bridgehead atoms. The van der Waals surface area contributed by atoms with Gasteiger partial charge in [-0.3, -0.25) is 4.98 Å². The first-order valence-corrected chi connectivity index (χ1v) is 6.60. The average molecular weight is 259 g/mol. The number of nitrogens with zero attached hydrogens (tertiary/aromatic N) is 1. The van der Waals surface area contributed by atoms with Gasteiger partial charge in [-0.1, -0.05) is 12.1 Å². The number of methoxy groups -OCH3 is 1. The van der Waals surface area contributed by atoms with Crippen molar-refractivity contribution in [2.24, 2.45) is 0 Å². The van der Waals surface area contributed by atoms with Crippen molar-refractivity contribution in [3.8, 4) is 0 Å². The molecule has 19 heavy (non-hydrogen) atoms. The van der Waals surface area contributed by atoms with Gasteiger partial charge in [-0.25, -0.2) is 0 Å². The van der Waals surface area contributed by atoms with Gasteiger partial charge >= 0.3 is 0 Å². The first kappa shape index (κ1) is 14.0. The topological polar surface area (TPSA) is 42.4 Å². The minimum atomic E-state index is -0.459. The third kappa shape index (κ3) is 3.52. The number of benzene rings is 1. The number of ether oxygens (including phenoxy) is 1. The molecule has 3 nitrogen and oxygen atoms in total. The minimum absolute atomic E-state index is 0.195. The van der Waals surface area contributed by atoms with Crippen LogP contribution in [0.1, 0.15) is 38.4 Å². The molecule has 0 amide bonds. The molecule has 3 heteroatoms. The Hall–Kier alpha value is -1.45. The van der Waals surface area contributed by atoms with Crippen LogP contribution in [0.4, 0.5) is 0 Å². The lowest BCUT2D eigenvalue weighted by Gasteiger charge is -2.24. The molecule has 1 aromatic heterocycles. The van der Waals surface area contributed by atoms with Gasteiger partial charge in [-0.15, -0.1) is 0 Å². The van der Waals surface area contributed by atoms with E-state index in [1.54, 1.807) is 13.3 Å². The van der Waals surface area contributed by atoms with E-state index in [1.807, 2.05) is 44.2 Å². The highest BCUT2D eigenvalue weighted by atomic mass is 16.5. The molecule has 0 saturated carbocycles. The Labute approximate surface area is 114 Å². The number of pyridine rings is 1. The van der Waals surface area contributed by atoms with Crippen LogP contribution < -0.4 is 0 Å². The molecular formula is C16H21NO2. The normalized spacial score (nSPS) is 13.7. The molecule has 102 valence electrons. The first-order valence-electron chi connectivity index (χ1n) is 6.60. The number of rotatable bonds is 5. The Kier molecular flexibility index (Phi) is 4.17. The zero-order valence-electron chi connectivity index (χ0n) is 11.8. The van der Waals surface area contributed by atoms with Crippen LogP contribution in [0.2, 0.25) is 0 Å². The van der Waals surface area contributed by atoms with E-state index in [2.05, 4.69) is 4.98 Å². The number of aromatic nitrogens is 1. The standard InChI is InChI=1S/C16H21NO2/c1-16(2,19-3)9-8-15(18)13-6-7-14-12(11-13)5-4-10-17-14/h4-7,10-11,15,18H,8-9H2,1-3H3. The molecule has 2 aromatic rings. The summed E-state index contributed by atoms with van der Waals surface area (Å²) in [4.78, 5) is 4.28. The Morgan fingerprint density at radius 3 is 2.84 bits per heavy atom. The molecule has 2 rings (SSSR count). The van der Waals surface area contributed by atoms with Gasteiger partial charge in [0.15, 0.2) is 0 Å². The summed E-state index contributed by atoms with van der Waals surface area (Å²) < 4.78 is 5.37. The van der Waals surface area contributed by atoms with Crippen LogP contribution >= 0.6 is 0 Å². The number of aliphatic hydroxyl groups is 1. The van der Waals surface area contributed by atoms with Crippen LogP contribution in [0.25, 0.3) is 10.9 Å². The Morgan fingerprint density at radius 2 is 2.11 bits per heavy atom. The highest BCUT2D eigenvalue weighted by molar-refractivity contribution is 5.78. The fourth-order valence-corrected chi connectivity index (χ4v) is 2.05. The van der Waals surface area contributed by atoms with Crippen LogP contribution in [-0.4, -0.2) is 22.8 Å². The minimum Gasteiger partial charge on any atom is -0.388 e. The molecule has 0 aliphatic carbocycles. The van der Waals surface area contributed by atoms with Gasteiger partial charge < -0.3 is 9.84 Å². The van der Waals surface area contributed by atoms with Crippen molar-refractivity contribution in [3.05, 3.63) is 42.1 Å². The van der Waals surface area contributed by atoms with E-state index in [0.717, 1.165) is 22.9 Å². The van der Waals surface area contributed by atoms with Crippen LogP contribution in [0.15, 0.2) is 36.5 Å². The molecule has 0 fully saturated rings. The summed E-state index contributed by atoms with van der Waals surface area (Å²) in [6.45, 7) is 4.06. The molecule has 1 heterocycles. The van der Waals surface area contributed by atoms with E-state index in [-0.39, 0.29) is 5.60 Å². The van der Waals surface area contributed by atoms with Crippen molar-refractivity contribution < 1.29 is 9.84 Å². The van der Waals surface area contributed by atoms with Crippen LogP contribution in [0.5, 0.6) is 0 Å². The monoisotopic (exact) mass is 259 g/mol. The predicted molar refractivity (Wildman–Crippen MR) is 77.0 cm³/mol. The summed E-state index contributed by atoms with van der Waals surface area (Å²) in [7, 11) is 1.70. The zero-order chi connectivity index (χ0) is 13.9. The smallest absolute Gasteiger partial charge is 0.0791 e. The second kappa shape index (κ2) is 5.68. The summed E-state index contributed by atoms with van der Waals surface area (Å²) in [5, 5.41) is 11.3. The molecule has 0 saturated heterocycles. The van der Waals surface area contributed by atoms with E-state index in [1.165, 1.54) is 0 Å². The van der Waals surface area contributed by atoms with Crippen molar-refractivity contribution in [3.63, 3.8) is 0 Å². The van der Waals surface area contributed by atoms with Gasteiger partial charge in [0.05, 0.1) is 17.2 Å². The fraction of sp³-hybridized carbons (Fsp3) is 0.438. The third-order valence-corrected chi connectivity index (χ3v) is 3.58. The molecule has 1 unspecified atom stereocenters. The predicted octanol–water partition coefficient (Wildman–Crippen LogP) is 3.47. The van der Waals surface area contributed by atoms with Crippen molar-refractivity contribution in [2.75, 3.05) is 7.11 Å². The average Bonchev–Trinajstić information content (AvgIpc) is 2.44. The van der Waals surface area contributed by atoms with Gasteiger partial charge in [0.2, 0.25) is 0 Å².